The van der Waals surface area contributed by atoms with Gasteiger partial charge in [-0.25, -0.2) is 4.98 Å². The molecule has 0 radical (unpaired) electrons. The molecule has 2 nitrogen and oxygen atoms in total. The van der Waals surface area contributed by atoms with Crippen LogP contribution in [0.25, 0.3) is 0 Å². The smallest absolute Gasteiger partial charge is 0.180 e. The molecule has 2 N–H and O–H groups in total. The van der Waals surface area contributed by atoms with Gasteiger partial charge in [-0.15, -0.1) is 11.3 Å². The highest BCUT2D eigenvalue weighted by molar-refractivity contribution is 7.15. The molecule has 2 atom stereocenters. The molecule has 0 aromatic carbocycles. The largest absolute Gasteiger partial charge is 0.375 e. The van der Waals surface area contributed by atoms with Gasteiger partial charge >= 0.3 is 0 Å². The first-order chi connectivity index (χ1) is 6.74. The first-order valence-electron chi connectivity index (χ1n) is 5.44. The molecular weight excluding hydrogens is 192 g/mol. The van der Waals surface area contributed by atoms with E-state index in [0.29, 0.717) is 5.13 Å². The maximum absolute atomic E-state index is 5.62. The third kappa shape index (κ3) is 2.47. The molecule has 0 spiro atoms. The number of thiazole rings is 1. The summed E-state index contributed by atoms with van der Waals surface area (Å²) in [6, 6.07) is 0. The Balaban J connectivity index is 1.90. The van der Waals surface area contributed by atoms with Crippen LogP contribution in [0, 0.1) is 11.8 Å². The van der Waals surface area contributed by atoms with E-state index in [4.69, 9.17) is 5.73 Å². The fourth-order valence-electron chi connectivity index (χ4n) is 2.45. The van der Waals surface area contributed by atoms with Crippen LogP contribution in [-0.4, -0.2) is 4.98 Å². The first-order valence-corrected chi connectivity index (χ1v) is 6.26. The number of rotatable bonds is 2. The van der Waals surface area contributed by atoms with Crippen molar-refractivity contribution in [2.24, 2.45) is 11.8 Å². The lowest BCUT2D eigenvalue weighted by Gasteiger charge is -2.26. The average Bonchev–Trinajstić information content (AvgIpc) is 2.51. The minimum absolute atomic E-state index is 0.712. The van der Waals surface area contributed by atoms with Gasteiger partial charge in [0.25, 0.3) is 0 Å². The predicted molar refractivity (Wildman–Crippen MR) is 61.4 cm³/mol. The van der Waals surface area contributed by atoms with Crippen molar-refractivity contribution in [1.29, 1.82) is 0 Å². The summed E-state index contributed by atoms with van der Waals surface area (Å²) in [6.45, 7) is 2.37. The molecule has 0 amide bonds. The SMILES string of the molecule is CC1CCCC(Cc2cnc(N)s2)C1. The van der Waals surface area contributed by atoms with Gasteiger partial charge in [0.2, 0.25) is 0 Å². The summed E-state index contributed by atoms with van der Waals surface area (Å²) in [7, 11) is 0. The van der Waals surface area contributed by atoms with Crippen LogP contribution in [-0.2, 0) is 6.42 Å². The minimum Gasteiger partial charge on any atom is -0.375 e. The molecule has 1 aliphatic rings. The highest BCUT2D eigenvalue weighted by Gasteiger charge is 2.19. The number of hydrogen-bond donors (Lipinski definition) is 1. The quantitative estimate of drug-likeness (QED) is 0.814. The van der Waals surface area contributed by atoms with Crippen LogP contribution in [0.2, 0.25) is 0 Å². The zero-order chi connectivity index (χ0) is 9.97. The van der Waals surface area contributed by atoms with Crippen LogP contribution in [0.5, 0.6) is 0 Å². The number of nitrogen functional groups attached to an aromatic ring is 1. The summed E-state index contributed by atoms with van der Waals surface area (Å²) in [5.41, 5.74) is 5.62. The number of aromatic nitrogens is 1. The number of anilines is 1. The van der Waals surface area contributed by atoms with E-state index in [-0.39, 0.29) is 0 Å². The number of nitrogens with two attached hydrogens (primary N) is 1. The van der Waals surface area contributed by atoms with E-state index in [2.05, 4.69) is 11.9 Å². The second kappa shape index (κ2) is 4.30. The van der Waals surface area contributed by atoms with Gasteiger partial charge in [-0.1, -0.05) is 26.2 Å². The Kier molecular flexibility index (Phi) is 3.06. The van der Waals surface area contributed by atoms with Crippen molar-refractivity contribution < 1.29 is 0 Å². The fourth-order valence-corrected chi connectivity index (χ4v) is 3.25. The molecule has 1 aromatic heterocycles. The predicted octanol–water partition coefficient (Wildman–Crippen LogP) is 3.09. The molecule has 2 unspecified atom stereocenters. The second-order valence-corrected chi connectivity index (χ2v) is 5.65. The van der Waals surface area contributed by atoms with Gasteiger partial charge < -0.3 is 5.73 Å². The average molecular weight is 210 g/mol. The van der Waals surface area contributed by atoms with Crippen LogP contribution < -0.4 is 5.73 Å². The van der Waals surface area contributed by atoms with Crippen molar-refractivity contribution in [3.8, 4) is 0 Å². The van der Waals surface area contributed by atoms with Gasteiger partial charge in [-0.05, 0) is 24.7 Å². The van der Waals surface area contributed by atoms with Gasteiger partial charge in [0.05, 0.1) is 0 Å². The molecule has 1 saturated carbocycles. The summed E-state index contributed by atoms with van der Waals surface area (Å²) in [4.78, 5) is 5.46. The monoisotopic (exact) mass is 210 g/mol. The summed E-state index contributed by atoms with van der Waals surface area (Å²) < 4.78 is 0. The molecule has 78 valence electrons. The lowest BCUT2D eigenvalue weighted by atomic mass is 9.81. The second-order valence-electron chi connectivity index (χ2n) is 4.51. The van der Waals surface area contributed by atoms with Crippen LogP contribution in [0.4, 0.5) is 5.13 Å². The summed E-state index contributed by atoms with van der Waals surface area (Å²) in [5, 5.41) is 0.712. The molecular formula is C11H18N2S. The number of hydrogen-bond acceptors (Lipinski definition) is 3. The Morgan fingerprint density at radius 3 is 3.07 bits per heavy atom. The highest BCUT2D eigenvalue weighted by Crippen LogP contribution is 2.32. The standard InChI is InChI=1S/C11H18N2S/c1-8-3-2-4-9(5-8)6-10-7-13-11(12)14-10/h7-9H,2-6H2,1H3,(H2,12,13). The van der Waals surface area contributed by atoms with E-state index in [9.17, 15) is 0 Å². The maximum atomic E-state index is 5.62. The van der Waals surface area contributed by atoms with E-state index < -0.39 is 0 Å². The van der Waals surface area contributed by atoms with E-state index >= 15 is 0 Å². The van der Waals surface area contributed by atoms with Crippen molar-refractivity contribution in [1.82, 2.24) is 4.98 Å². The summed E-state index contributed by atoms with van der Waals surface area (Å²) in [5.74, 6) is 1.79. The molecule has 0 saturated heterocycles. The normalized spacial score (nSPS) is 27.8. The lowest BCUT2D eigenvalue weighted by molar-refractivity contribution is 0.282. The van der Waals surface area contributed by atoms with Crippen LogP contribution >= 0.6 is 11.3 Å². The topological polar surface area (TPSA) is 38.9 Å². The van der Waals surface area contributed by atoms with E-state index in [1.807, 2.05) is 6.20 Å². The van der Waals surface area contributed by atoms with Gasteiger partial charge in [-0.2, -0.15) is 0 Å². The van der Waals surface area contributed by atoms with Gasteiger partial charge in [0.15, 0.2) is 5.13 Å². The molecule has 0 aliphatic heterocycles. The Morgan fingerprint density at radius 2 is 2.43 bits per heavy atom. The molecule has 3 heteroatoms. The van der Waals surface area contributed by atoms with E-state index in [1.165, 1.54) is 37.0 Å². The van der Waals surface area contributed by atoms with Crippen molar-refractivity contribution >= 4 is 16.5 Å². The zero-order valence-electron chi connectivity index (χ0n) is 8.70. The Labute approximate surface area is 89.5 Å². The maximum Gasteiger partial charge on any atom is 0.180 e. The minimum atomic E-state index is 0.712. The van der Waals surface area contributed by atoms with Crippen LogP contribution in [0.3, 0.4) is 0 Å². The zero-order valence-corrected chi connectivity index (χ0v) is 9.52. The van der Waals surface area contributed by atoms with E-state index in [0.717, 1.165) is 11.8 Å². The highest BCUT2D eigenvalue weighted by atomic mass is 32.1. The molecule has 1 heterocycles. The van der Waals surface area contributed by atoms with Gasteiger partial charge in [-0.3, -0.25) is 0 Å². The third-order valence-corrected chi connectivity index (χ3v) is 3.96. The molecule has 1 aromatic rings. The van der Waals surface area contributed by atoms with Crippen molar-refractivity contribution in [2.75, 3.05) is 5.73 Å². The van der Waals surface area contributed by atoms with Gasteiger partial charge in [0, 0.05) is 11.1 Å². The Morgan fingerprint density at radius 1 is 1.57 bits per heavy atom. The van der Waals surface area contributed by atoms with Gasteiger partial charge in [0.1, 0.15) is 0 Å². The molecule has 14 heavy (non-hydrogen) atoms. The first kappa shape index (κ1) is 9.97. The van der Waals surface area contributed by atoms with Crippen LogP contribution in [0.1, 0.15) is 37.5 Å². The molecule has 1 aliphatic carbocycles. The van der Waals surface area contributed by atoms with Crippen molar-refractivity contribution in [3.05, 3.63) is 11.1 Å². The Bertz CT molecular complexity index is 295. The number of nitrogens with zero attached hydrogens (tertiary/aromatic N) is 1. The van der Waals surface area contributed by atoms with Crippen molar-refractivity contribution in [2.45, 2.75) is 39.0 Å². The lowest BCUT2D eigenvalue weighted by Crippen LogP contribution is -2.14. The van der Waals surface area contributed by atoms with E-state index in [1.54, 1.807) is 11.3 Å². The van der Waals surface area contributed by atoms with Crippen molar-refractivity contribution in [3.63, 3.8) is 0 Å². The third-order valence-electron chi connectivity index (χ3n) is 3.11. The molecule has 0 bridgehead atoms. The fraction of sp³-hybridized carbons (Fsp3) is 0.727. The summed E-state index contributed by atoms with van der Waals surface area (Å²) in [6.07, 6.45) is 8.74. The molecule has 1 fully saturated rings. The van der Waals surface area contributed by atoms with Crippen LogP contribution in [0.15, 0.2) is 6.20 Å². The molecule has 2 rings (SSSR count). The Hall–Kier alpha value is -0.570. The summed E-state index contributed by atoms with van der Waals surface area (Å²) >= 11 is 1.65.